The number of allylic oxidation sites excluding steroid dienone is 2. The molecule has 8 nitrogen and oxygen atoms in total. The van der Waals surface area contributed by atoms with Crippen molar-refractivity contribution < 1.29 is 4.39 Å². The van der Waals surface area contributed by atoms with Crippen LogP contribution in [0.15, 0.2) is 60.8 Å². The van der Waals surface area contributed by atoms with Crippen molar-refractivity contribution in [2.24, 2.45) is 5.73 Å². The minimum absolute atomic E-state index is 0.120. The number of hydrogen-bond donors (Lipinski definition) is 1. The van der Waals surface area contributed by atoms with Crippen LogP contribution >= 0.6 is 0 Å². The van der Waals surface area contributed by atoms with Gasteiger partial charge in [0.15, 0.2) is 5.65 Å². The van der Waals surface area contributed by atoms with Crippen LogP contribution in [0.2, 0.25) is 0 Å². The molecule has 1 aromatic carbocycles. The molecule has 2 N–H and O–H groups in total. The zero-order valence-corrected chi connectivity index (χ0v) is 22.1. The molecule has 0 spiro atoms. The van der Waals surface area contributed by atoms with Gasteiger partial charge in [0.05, 0.1) is 17.9 Å². The number of benzene rings is 1. The highest BCUT2D eigenvalue weighted by Crippen LogP contribution is 2.36. The third-order valence-corrected chi connectivity index (χ3v) is 8.16. The molecule has 2 aromatic heterocycles. The lowest BCUT2D eigenvalue weighted by atomic mass is 10.0. The standard InChI is InChI=1S/C29H37FN8/c1-34-25(8-3-10-29(34)36-18-16-35(17-19-36)14-5-13-31)26-21-32-27-11-12-28(33-38(26)27)37-15-4-9-24(37)22-6-2-7-23(30)20-22/h2-3,6-8,10-12,20-21,24,29H,4-5,9,13-19,31H2,1H3/t24-,29?/m1/s1. The molecule has 2 saturated heterocycles. The van der Waals surface area contributed by atoms with E-state index in [-0.39, 0.29) is 18.0 Å². The molecule has 3 aliphatic heterocycles. The fourth-order valence-corrected chi connectivity index (χ4v) is 6.13. The summed E-state index contributed by atoms with van der Waals surface area (Å²) in [6.45, 7) is 6.93. The highest BCUT2D eigenvalue weighted by atomic mass is 19.1. The van der Waals surface area contributed by atoms with E-state index in [2.05, 4.69) is 49.9 Å². The lowest BCUT2D eigenvalue weighted by Crippen LogP contribution is -2.54. The van der Waals surface area contributed by atoms with Crippen LogP contribution in [0.5, 0.6) is 0 Å². The lowest BCUT2D eigenvalue weighted by molar-refractivity contribution is 0.0673. The van der Waals surface area contributed by atoms with Crippen LogP contribution in [0, 0.1) is 5.82 Å². The molecule has 3 aromatic rings. The Labute approximate surface area is 223 Å². The van der Waals surface area contributed by atoms with E-state index >= 15 is 0 Å². The number of nitrogens with zero attached hydrogens (tertiary/aromatic N) is 7. The highest BCUT2D eigenvalue weighted by Gasteiger charge is 2.30. The van der Waals surface area contributed by atoms with Crippen molar-refractivity contribution in [3.63, 3.8) is 0 Å². The number of halogens is 1. The maximum atomic E-state index is 14.0. The van der Waals surface area contributed by atoms with Crippen LogP contribution < -0.4 is 10.6 Å². The second-order valence-corrected chi connectivity index (χ2v) is 10.5. The summed E-state index contributed by atoms with van der Waals surface area (Å²) in [5, 5.41) is 5.07. The minimum Gasteiger partial charge on any atom is -0.354 e. The largest absolute Gasteiger partial charge is 0.354 e. The summed E-state index contributed by atoms with van der Waals surface area (Å²) in [5.41, 5.74) is 9.60. The Balaban J connectivity index is 1.23. The maximum absolute atomic E-state index is 14.0. The topological polar surface area (TPSA) is 69.2 Å². The Kier molecular flexibility index (Phi) is 7.14. The van der Waals surface area contributed by atoms with Gasteiger partial charge in [0.25, 0.3) is 0 Å². The van der Waals surface area contributed by atoms with Crippen LogP contribution in [0.3, 0.4) is 0 Å². The van der Waals surface area contributed by atoms with Gasteiger partial charge in [-0.3, -0.25) is 4.90 Å². The molecule has 200 valence electrons. The van der Waals surface area contributed by atoms with Crippen molar-refractivity contribution in [3.05, 3.63) is 77.9 Å². The van der Waals surface area contributed by atoms with Crippen molar-refractivity contribution in [2.75, 3.05) is 57.8 Å². The van der Waals surface area contributed by atoms with Gasteiger partial charge >= 0.3 is 0 Å². The summed E-state index contributed by atoms with van der Waals surface area (Å²) >= 11 is 0. The molecule has 0 aliphatic carbocycles. The van der Waals surface area contributed by atoms with E-state index in [0.717, 1.165) is 93.5 Å². The Bertz CT molecular complexity index is 1330. The van der Waals surface area contributed by atoms with E-state index in [1.807, 2.05) is 28.9 Å². The van der Waals surface area contributed by atoms with Gasteiger partial charge in [0.1, 0.15) is 23.5 Å². The first-order valence-corrected chi connectivity index (χ1v) is 13.8. The fourth-order valence-electron chi connectivity index (χ4n) is 6.13. The van der Waals surface area contributed by atoms with Crippen molar-refractivity contribution in [2.45, 2.75) is 31.5 Å². The number of piperazine rings is 1. The predicted octanol–water partition coefficient (Wildman–Crippen LogP) is 3.34. The number of nitrogens with two attached hydrogens (primary N) is 1. The summed E-state index contributed by atoms with van der Waals surface area (Å²) < 4.78 is 15.9. The monoisotopic (exact) mass is 516 g/mol. The molecule has 1 unspecified atom stereocenters. The highest BCUT2D eigenvalue weighted by molar-refractivity contribution is 5.67. The molecule has 6 rings (SSSR count). The van der Waals surface area contributed by atoms with E-state index in [1.165, 1.54) is 6.07 Å². The summed E-state index contributed by atoms with van der Waals surface area (Å²) in [7, 11) is 2.16. The van der Waals surface area contributed by atoms with Gasteiger partial charge in [0, 0.05) is 39.8 Å². The van der Waals surface area contributed by atoms with Crippen LogP contribution in [0.1, 0.15) is 36.6 Å². The molecule has 2 atom stereocenters. The van der Waals surface area contributed by atoms with Crippen LogP contribution in [-0.2, 0) is 0 Å². The minimum atomic E-state index is -0.193. The fraction of sp³-hybridized carbons (Fsp3) is 0.448. The number of fused-ring (bicyclic) bond motifs is 1. The quantitative estimate of drug-likeness (QED) is 0.517. The number of rotatable bonds is 7. The van der Waals surface area contributed by atoms with E-state index in [4.69, 9.17) is 10.8 Å². The molecular weight excluding hydrogens is 479 g/mol. The van der Waals surface area contributed by atoms with Crippen LogP contribution in [0.4, 0.5) is 10.2 Å². The first-order valence-electron chi connectivity index (χ1n) is 13.8. The average Bonchev–Trinajstić information content (AvgIpc) is 3.60. The summed E-state index contributed by atoms with van der Waals surface area (Å²) in [6, 6.07) is 11.1. The van der Waals surface area contributed by atoms with Gasteiger partial charge in [0.2, 0.25) is 0 Å². The van der Waals surface area contributed by atoms with Gasteiger partial charge < -0.3 is 20.4 Å². The molecule has 3 aliphatic rings. The molecule has 0 amide bonds. The smallest absolute Gasteiger partial charge is 0.154 e. The van der Waals surface area contributed by atoms with Gasteiger partial charge in [-0.2, -0.15) is 0 Å². The van der Waals surface area contributed by atoms with Gasteiger partial charge in [-0.05, 0) is 74.3 Å². The van der Waals surface area contributed by atoms with E-state index in [0.29, 0.717) is 0 Å². The normalized spacial score (nSPS) is 23.0. The van der Waals surface area contributed by atoms with E-state index < -0.39 is 0 Å². The number of imidazole rings is 1. The summed E-state index contributed by atoms with van der Waals surface area (Å²) in [5.74, 6) is 0.699. The Morgan fingerprint density at radius 3 is 2.76 bits per heavy atom. The number of aromatic nitrogens is 3. The van der Waals surface area contributed by atoms with Crippen LogP contribution in [-0.4, -0.2) is 88.3 Å². The molecule has 2 fully saturated rings. The SMILES string of the molecule is CN1C(c2cnc3ccc(N4CCC[C@@H]4c4cccc(F)c4)nn23)=CC=CC1N1CCN(CCCN)CC1. The second kappa shape index (κ2) is 10.8. The van der Waals surface area contributed by atoms with Crippen molar-refractivity contribution in [3.8, 4) is 0 Å². The van der Waals surface area contributed by atoms with Gasteiger partial charge in [-0.1, -0.05) is 18.2 Å². The molecule has 9 heteroatoms. The zero-order valence-electron chi connectivity index (χ0n) is 22.1. The molecule has 0 bridgehead atoms. The van der Waals surface area contributed by atoms with Crippen molar-refractivity contribution in [1.82, 2.24) is 29.3 Å². The third kappa shape index (κ3) is 4.81. The average molecular weight is 517 g/mol. The van der Waals surface area contributed by atoms with Crippen molar-refractivity contribution in [1.29, 1.82) is 0 Å². The summed E-state index contributed by atoms with van der Waals surface area (Å²) in [6.07, 6.45) is 11.8. The number of anilines is 1. The lowest BCUT2D eigenvalue weighted by Gasteiger charge is -2.43. The first-order chi connectivity index (χ1) is 18.6. The Morgan fingerprint density at radius 1 is 1.08 bits per heavy atom. The van der Waals surface area contributed by atoms with E-state index in [9.17, 15) is 4.39 Å². The van der Waals surface area contributed by atoms with Gasteiger partial charge in [-0.15, -0.1) is 5.10 Å². The zero-order chi connectivity index (χ0) is 26.1. The predicted molar refractivity (Wildman–Crippen MR) is 149 cm³/mol. The third-order valence-electron chi connectivity index (χ3n) is 8.16. The summed E-state index contributed by atoms with van der Waals surface area (Å²) in [4.78, 5) is 14.4. The molecule has 38 heavy (non-hydrogen) atoms. The van der Waals surface area contributed by atoms with Crippen LogP contribution in [0.25, 0.3) is 11.3 Å². The van der Waals surface area contributed by atoms with Crippen molar-refractivity contribution >= 4 is 17.2 Å². The Morgan fingerprint density at radius 2 is 1.95 bits per heavy atom. The first kappa shape index (κ1) is 25.0. The molecule has 0 radical (unpaired) electrons. The number of likely N-dealkylation sites (N-methyl/N-ethyl adjacent to an activating group) is 1. The van der Waals surface area contributed by atoms with E-state index in [1.54, 1.807) is 12.1 Å². The number of hydrogen-bond acceptors (Lipinski definition) is 7. The molecule has 0 saturated carbocycles. The second-order valence-electron chi connectivity index (χ2n) is 10.5. The van der Waals surface area contributed by atoms with Gasteiger partial charge in [-0.25, -0.2) is 13.9 Å². The maximum Gasteiger partial charge on any atom is 0.154 e. The molecule has 5 heterocycles. The Hall–Kier alpha value is -3.27. The molecular formula is C29H37FN8.